The first-order valence-electron chi connectivity index (χ1n) is 6.82. The lowest BCUT2D eigenvalue weighted by Crippen LogP contribution is -2.60. The molecule has 0 amide bonds. The van der Waals surface area contributed by atoms with Crippen molar-refractivity contribution in [2.45, 2.75) is 24.6 Å². The van der Waals surface area contributed by atoms with Crippen molar-refractivity contribution in [2.24, 2.45) is 5.92 Å². The van der Waals surface area contributed by atoms with E-state index < -0.39 is 29.7 Å². The van der Waals surface area contributed by atoms with Crippen LogP contribution in [0.25, 0.3) is 0 Å². The van der Waals surface area contributed by atoms with Gasteiger partial charge in [-0.05, 0) is 30.9 Å². The van der Waals surface area contributed by atoms with Crippen molar-refractivity contribution in [1.82, 2.24) is 4.98 Å². The molecule has 1 aromatic heterocycles. The SMILES string of the molecule is CO[Si](OC)(OC)C(C(C)CCc1ccccn1)S(=O)(=O)O. The molecule has 7 nitrogen and oxygen atoms in total. The summed E-state index contributed by atoms with van der Waals surface area (Å²) in [6.07, 6.45) is 2.75. The van der Waals surface area contributed by atoms with Crippen LogP contribution < -0.4 is 0 Å². The van der Waals surface area contributed by atoms with E-state index >= 15 is 0 Å². The summed E-state index contributed by atoms with van der Waals surface area (Å²) in [4.78, 5) is 2.95. The molecular formula is C13H23NO6SSi. The number of rotatable bonds is 9. The second-order valence-corrected chi connectivity index (χ2v) is 10.00. The van der Waals surface area contributed by atoms with Crippen LogP contribution in [0.15, 0.2) is 24.4 Å². The first-order valence-corrected chi connectivity index (χ1v) is 10.1. The molecule has 126 valence electrons. The van der Waals surface area contributed by atoms with E-state index in [0.29, 0.717) is 12.8 Å². The van der Waals surface area contributed by atoms with E-state index in [9.17, 15) is 13.0 Å². The largest absolute Gasteiger partial charge is 0.522 e. The van der Waals surface area contributed by atoms with Gasteiger partial charge in [0.15, 0.2) is 4.87 Å². The predicted molar refractivity (Wildman–Crippen MR) is 83.8 cm³/mol. The van der Waals surface area contributed by atoms with Crippen molar-refractivity contribution in [1.29, 1.82) is 0 Å². The molecule has 1 rings (SSSR count). The van der Waals surface area contributed by atoms with Gasteiger partial charge in [0.1, 0.15) is 0 Å². The van der Waals surface area contributed by atoms with E-state index in [1.165, 1.54) is 21.3 Å². The van der Waals surface area contributed by atoms with Gasteiger partial charge in [0.2, 0.25) is 0 Å². The quantitative estimate of drug-likeness (QED) is 0.531. The van der Waals surface area contributed by atoms with Crippen molar-refractivity contribution in [3.05, 3.63) is 30.1 Å². The molecule has 1 N–H and O–H groups in total. The van der Waals surface area contributed by atoms with Crippen molar-refractivity contribution < 1.29 is 26.2 Å². The number of pyridine rings is 1. The maximum atomic E-state index is 11.8. The molecule has 9 heteroatoms. The van der Waals surface area contributed by atoms with Gasteiger partial charge in [-0.15, -0.1) is 0 Å². The minimum Gasteiger partial charge on any atom is -0.376 e. The zero-order valence-corrected chi connectivity index (χ0v) is 15.0. The summed E-state index contributed by atoms with van der Waals surface area (Å²) >= 11 is 0. The minimum absolute atomic E-state index is 0.427. The molecule has 0 bridgehead atoms. The highest BCUT2D eigenvalue weighted by molar-refractivity contribution is 7.88. The number of aromatic nitrogens is 1. The molecule has 1 heterocycles. The van der Waals surface area contributed by atoms with Gasteiger partial charge >= 0.3 is 8.80 Å². The zero-order valence-electron chi connectivity index (χ0n) is 13.2. The predicted octanol–water partition coefficient (Wildman–Crippen LogP) is 1.32. The van der Waals surface area contributed by atoms with E-state index in [2.05, 4.69) is 4.98 Å². The molecular weight excluding hydrogens is 326 g/mol. The van der Waals surface area contributed by atoms with E-state index in [4.69, 9.17) is 13.3 Å². The average molecular weight is 349 g/mol. The second-order valence-electron chi connectivity index (χ2n) is 4.99. The number of aryl methyl sites for hydroxylation is 1. The molecule has 2 unspecified atom stereocenters. The normalized spacial score (nSPS) is 15.5. The molecule has 0 saturated carbocycles. The highest BCUT2D eigenvalue weighted by atomic mass is 32.2. The van der Waals surface area contributed by atoms with Gasteiger partial charge in [0, 0.05) is 33.2 Å². The van der Waals surface area contributed by atoms with Crippen LogP contribution in [0.2, 0.25) is 0 Å². The lowest BCUT2D eigenvalue weighted by Gasteiger charge is -2.33. The molecule has 1 aromatic rings. The third kappa shape index (κ3) is 4.57. The summed E-state index contributed by atoms with van der Waals surface area (Å²) in [5.41, 5.74) is 0.850. The van der Waals surface area contributed by atoms with Crippen LogP contribution in [-0.4, -0.2) is 53.0 Å². The lowest BCUT2D eigenvalue weighted by molar-refractivity contribution is 0.113. The zero-order chi connectivity index (χ0) is 16.8. The summed E-state index contributed by atoms with van der Waals surface area (Å²) in [5, 5.41) is 0. The molecule has 0 aliphatic carbocycles. The summed E-state index contributed by atoms with van der Waals surface area (Å²) < 4.78 is 49.0. The third-order valence-electron chi connectivity index (χ3n) is 3.62. The smallest absolute Gasteiger partial charge is 0.376 e. The molecule has 22 heavy (non-hydrogen) atoms. The Balaban J connectivity index is 2.97. The second kappa shape index (κ2) is 8.13. The fourth-order valence-corrected chi connectivity index (χ4v) is 7.60. The topological polar surface area (TPSA) is 95.0 Å². The molecule has 0 spiro atoms. The highest BCUT2D eigenvalue weighted by Crippen LogP contribution is 2.28. The Morgan fingerprint density at radius 1 is 1.23 bits per heavy atom. The minimum atomic E-state index is -4.40. The number of nitrogens with zero attached hydrogens (tertiary/aromatic N) is 1. The van der Waals surface area contributed by atoms with Crippen molar-refractivity contribution in [2.75, 3.05) is 21.3 Å². The summed E-state index contributed by atoms with van der Waals surface area (Å²) in [5.74, 6) is -0.427. The Bertz CT molecular complexity index is 541. The summed E-state index contributed by atoms with van der Waals surface area (Å²) in [6, 6.07) is 5.54. The molecule has 0 saturated heterocycles. The molecule has 0 aliphatic rings. The van der Waals surface area contributed by atoms with Gasteiger partial charge in [-0.25, -0.2) is 0 Å². The van der Waals surface area contributed by atoms with Crippen LogP contribution in [0.3, 0.4) is 0 Å². The van der Waals surface area contributed by atoms with Crippen LogP contribution in [0.5, 0.6) is 0 Å². The molecule has 0 aliphatic heterocycles. The van der Waals surface area contributed by atoms with Gasteiger partial charge in [0.05, 0.1) is 0 Å². The Hall–Kier alpha value is -0.843. The van der Waals surface area contributed by atoms with E-state index in [0.717, 1.165) is 5.69 Å². The molecule has 2 atom stereocenters. The standard InChI is InChI=1S/C13H23NO6SSi/c1-11(8-9-12-7-5-6-10-14-12)13(21(15,16)17)22(18-2,19-3)20-4/h5-7,10-11,13H,8-9H2,1-4H3,(H,15,16,17). The van der Waals surface area contributed by atoms with Crippen LogP contribution >= 0.6 is 0 Å². The van der Waals surface area contributed by atoms with Gasteiger partial charge in [-0.2, -0.15) is 8.42 Å². The Kier molecular flexibility index (Phi) is 7.10. The first kappa shape index (κ1) is 19.2. The summed E-state index contributed by atoms with van der Waals surface area (Å²) in [7, 11) is -3.97. The highest BCUT2D eigenvalue weighted by Gasteiger charge is 2.56. The lowest BCUT2D eigenvalue weighted by atomic mass is 10.1. The fourth-order valence-electron chi connectivity index (χ4n) is 2.50. The third-order valence-corrected chi connectivity index (χ3v) is 9.46. The van der Waals surface area contributed by atoms with Crippen molar-refractivity contribution in [3.8, 4) is 0 Å². The molecule has 0 fully saturated rings. The Morgan fingerprint density at radius 3 is 2.23 bits per heavy atom. The maximum absolute atomic E-state index is 11.8. The maximum Gasteiger partial charge on any atom is 0.522 e. The van der Waals surface area contributed by atoms with Crippen molar-refractivity contribution >= 4 is 18.9 Å². The Morgan fingerprint density at radius 2 is 1.82 bits per heavy atom. The monoisotopic (exact) mass is 349 g/mol. The molecule has 0 aromatic carbocycles. The summed E-state index contributed by atoms with van der Waals surface area (Å²) in [6.45, 7) is 1.72. The molecule has 0 radical (unpaired) electrons. The van der Waals surface area contributed by atoms with Gasteiger partial charge in [-0.3, -0.25) is 9.54 Å². The van der Waals surface area contributed by atoms with Crippen LogP contribution in [0.4, 0.5) is 0 Å². The van der Waals surface area contributed by atoms with E-state index in [1.54, 1.807) is 13.1 Å². The average Bonchev–Trinajstić information content (AvgIpc) is 2.50. The number of hydrogen-bond acceptors (Lipinski definition) is 6. The Labute approximate surface area is 132 Å². The van der Waals surface area contributed by atoms with Crippen LogP contribution in [0.1, 0.15) is 19.0 Å². The van der Waals surface area contributed by atoms with Crippen LogP contribution in [0, 0.1) is 5.92 Å². The van der Waals surface area contributed by atoms with E-state index in [1.807, 2.05) is 18.2 Å². The van der Waals surface area contributed by atoms with E-state index in [-0.39, 0.29) is 0 Å². The van der Waals surface area contributed by atoms with Crippen molar-refractivity contribution in [3.63, 3.8) is 0 Å². The fraction of sp³-hybridized carbons (Fsp3) is 0.615. The van der Waals surface area contributed by atoms with Gasteiger partial charge in [0.25, 0.3) is 10.1 Å². The number of hydrogen-bond donors (Lipinski definition) is 1. The van der Waals surface area contributed by atoms with Gasteiger partial charge in [-0.1, -0.05) is 13.0 Å². The van der Waals surface area contributed by atoms with Gasteiger partial charge < -0.3 is 13.3 Å². The van der Waals surface area contributed by atoms with Crippen LogP contribution in [-0.2, 0) is 29.8 Å². The first-order chi connectivity index (χ1) is 10.3.